The zero-order valence-corrected chi connectivity index (χ0v) is 14.3. The third-order valence-electron chi connectivity index (χ3n) is 3.54. The summed E-state index contributed by atoms with van der Waals surface area (Å²) in [6.45, 7) is 2.33. The number of hydrogen-bond donors (Lipinski definition) is 1. The molecule has 0 aliphatic rings. The maximum Gasteiger partial charge on any atom is 0.277 e. The summed E-state index contributed by atoms with van der Waals surface area (Å²) in [4.78, 5) is 28.5. The highest BCUT2D eigenvalue weighted by Gasteiger charge is 2.11. The molecule has 1 amide bonds. The van der Waals surface area contributed by atoms with Gasteiger partial charge in [-0.3, -0.25) is 9.59 Å². The molecule has 0 aliphatic heterocycles. The van der Waals surface area contributed by atoms with Crippen molar-refractivity contribution in [3.8, 4) is 5.75 Å². The van der Waals surface area contributed by atoms with Crippen LogP contribution >= 0.6 is 0 Å². The van der Waals surface area contributed by atoms with Crippen LogP contribution in [0.4, 0.5) is 5.82 Å². The van der Waals surface area contributed by atoms with E-state index in [0.29, 0.717) is 11.6 Å². The zero-order chi connectivity index (χ0) is 18.4. The Kier molecular flexibility index (Phi) is 5.38. The molecule has 0 saturated carbocycles. The highest BCUT2D eigenvalue weighted by molar-refractivity contribution is 6.02. The Morgan fingerprint density at radius 1 is 1.08 bits per heavy atom. The van der Waals surface area contributed by atoms with E-state index in [9.17, 15) is 9.59 Å². The summed E-state index contributed by atoms with van der Waals surface area (Å²) in [6.07, 6.45) is 0. The number of para-hydroxylation sites is 1. The molecule has 0 unspecified atom stereocenters. The van der Waals surface area contributed by atoms with Crippen molar-refractivity contribution in [2.24, 2.45) is 0 Å². The number of benzene rings is 1. The quantitative estimate of drug-likeness (QED) is 0.737. The molecule has 3 rings (SSSR count). The minimum atomic E-state index is -0.430. The van der Waals surface area contributed by atoms with Gasteiger partial charge in [0.1, 0.15) is 23.9 Å². The topological polar surface area (TPSA) is 86.1 Å². The SMILES string of the molecule is Cc1cccc(NC(=O)c2ccc(=O)n(CCOc3ccccc3)n2)n1. The van der Waals surface area contributed by atoms with E-state index in [4.69, 9.17) is 4.74 Å². The van der Waals surface area contributed by atoms with E-state index in [0.717, 1.165) is 5.69 Å². The fourth-order valence-corrected chi connectivity index (χ4v) is 2.29. The van der Waals surface area contributed by atoms with Crippen molar-refractivity contribution in [1.29, 1.82) is 0 Å². The Morgan fingerprint density at radius 2 is 1.88 bits per heavy atom. The number of ether oxygens (including phenoxy) is 1. The van der Waals surface area contributed by atoms with Gasteiger partial charge in [-0.15, -0.1) is 0 Å². The molecule has 0 fully saturated rings. The fourth-order valence-electron chi connectivity index (χ4n) is 2.29. The highest BCUT2D eigenvalue weighted by atomic mass is 16.5. The lowest BCUT2D eigenvalue weighted by atomic mass is 10.3. The molecular weight excluding hydrogens is 332 g/mol. The molecule has 1 N–H and O–H groups in total. The fraction of sp³-hybridized carbons (Fsp3) is 0.158. The summed E-state index contributed by atoms with van der Waals surface area (Å²) in [5.41, 5.74) is 0.623. The second-order valence-electron chi connectivity index (χ2n) is 5.56. The maximum atomic E-state index is 12.3. The van der Waals surface area contributed by atoms with Crippen LogP contribution in [-0.4, -0.2) is 27.3 Å². The first kappa shape index (κ1) is 17.3. The molecule has 0 bridgehead atoms. The monoisotopic (exact) mass is 350 g/mol. The summed E-state index contributed by atoms with van der Waals surface area (Å²) in [5.74, 6) is 0.711. The van der Waals surface area contributed by atoms with Gasteiger partial charge in [0.25, 0.3) is 11.5 Å². The molecule has 0 aliphatic carbocycles. The number of pyridine rings is 1. The first-order valence-corrected chi connectivity index (χ1v) is 8.13. The second kappa shape index (κ2) is 8.06. The van der Waals surface area contributed by atoms with Crippen LogP contribution in [0.25, 0.3) is 0 Å². The lowest BCUT2D eigenvalue weighted by Crippen LogP contribution is -2.28. The van der Waals surface area contributed by atoms with Gasteiger partial charge in [0.15, 0.2) is 0 Å². The summed E-state index contributed by atoms with van der Waals surface area (Å²) in [5, 5.41) is 6.77. The predicted octanol–water partition coefficient (Wildman–Crippen LogP) is 2.28. The number of rotatable bonds is 6. The Labute approximate surface area is 150 Å². The first-order chi connectivity index (χ1) is 12.6. The molecule has 0 atom stereocenters. The van der Waals surface area contributed by atoms with Crippen molar-refractivity contribution in [2.75, 3.05) is 11.9 Å². The number of amides is 1. The summed E-state index contributed by atoms with van der Waals surface area (Å²) >= 11 is 0. The van der Waals surface area contributed by atoms with Crippen molar-refractivity contribution in [3.05, 3.63) is 82.4 Å². The molecule has 0 spiro atoms. The number of nitrogens with zero attached hydrogens (tertiary/aromatic N) is 3. The molecule has 7 heteroatoms. The molecule has 0 radical (unpaired) electrons. The van der Waals surface area contributed by atoms with Gasteiger partial charge in [-0.2, -0.15) is 5.10 Å². The van der Waals surface area contributed by atoms with Crippen LogP contribution in [-0.2, 0) is 6.54 Å². The normalized spacial score (nSPS) is 10.3. The van der Waals surface area contributed by atoms with Gasteiger partial charge in [0.2, 0.25) is 0 Å². The van der Waals surface area contributed by atoms with Crippen LogP contribution in [0.1, 0.15) is 16.2 Å². The average Bonchev–Trinajstić information content (AvgIpc) is 2.64. The number of nitrogens with one attached hydrogen (secondary N) is 1. The Morgan fingerprint density at radius 3 is 2.65 bits per heavy atom. The van der Waals surface area contributed by atoms with E-state index >= 15 is 0 Å². The lowest BCUT2D eigenvalue weighted by Gasteiger charge is -2.09. The van der Waals surface area contributed by atoms with Crippen molar-refractivity contribution in [2.45, 2.75) is 13.5 Å². The van der Waals surface area contributed by atoms with Crippen LogP contribution in [0, 0.1) is 6.92 Å². The molecule has 132 valence electrons. The van der Waals surface area contributed by atoms with Gasteiger partial charge in [-0.1, -0.05) is 24.3 Å². The van der Waals surface area contributed by atoms with E-state index in [2.05, 4.69) is 15.4 Å². The van der Waals surface area contributed by atoms with Crippen LogP contribution in [0.3, 0.4) is 0 Å². The molecule has 7 nitrogen and oxygen atoms in total. The van der Waals surface area contributed by atoms with Gasteiger partial charge in [-0.25, -0.2) is 9.67 Å². The molecule has 26 heavy (non-hydrogen) atoms. The minimum Gasteiger partial charge on any atom is -0.492 e. The second-order valence-corrected chi connectivity index (χ2v) is 5.56. The first-order valence-electron chi connectivity index (χ1n) is 8.13. The van der Waals surface area contributed by atoms with Gasteiger partial charge in [0.05, 0.1) is 6.54 Å². The molecular formula is C19H18N4O3. The van der Waals surface area contributed by atoms with Gasteiger partial charge in [-0.05, 0) is 37.3 Å². The predicted molar refractivity (Wildman–Crippen MR) is 97.4 cm³/mol. The highest BCUT2D eigenvalue weighted by Crippen LogP contribution is 2.08. The zero-order valence-electron chi connectivity index (χ0n) is 14.3. The van der Waals surface area contributed by atoms with Crippen molar-refractivity contribution >= 4 is 11.7 Å². The molecule has 0 saturated heterocycles. The van der Waals surface area contributed by atoms with Gasteiger partial charge in [0, 0.05) is 11.8 Å². The van der Waals surface area contributed by atoms with Gasteiger partial charge < -0.3 is 10.1 Å². The van der Waals surface area contributed by atoms with Crippen molar-refractivity contribution < 1.29 is 9.53 Å². The number of hydrogen-bond acceptors (Lipinski definition) is 5. The minimum absolute atomic E-state index is 0.132. The molecule has 2 heterocycles. The van der Waals surface area contributed by atoms with E-state index in [1.807, 2.05) is 43.3 Å². The van der Waals surface area contributed by atoms with Crippen LogP contribution in [0.5, 0.6) is 5.75 Å². The van der Waals surface area contributed by atoms with E-state index in [1.165, 1.54) is 16.8 Å². The number of carbonyl (C=O) groups is 1. The largest absolute Gasteiger partial charge is 0.492 e. The summed E-state index contributed by atoms with van der Waals surface area (Å²) < 4.78 is 6.77. The molecule has 3 aromatic rings. The van der Waals surface area contributed by atoms with Gasteiger partial charge >= 0.3 is 0 Å². The third kappa shape index (κ3) is 4.54. The Balaban J connectivity index is 1.66. The van der Waals surface area contributed by atoms with E-state index in [-0.39, 0.29) is 24.4 Å². The van der Waals surface area contributed by atoms with E-state index < -0.39 is 5.91 Å². The number of aryl methyl sites for hydroxylation is 1. The maximum absolute atomic E-state index is 12.3. The standard InChI is InChI=1S/C19H18N4O3/c1-14-6-5-9-17(20-14)21-19(25)16-10-11-18(24)23(22-16)12-13-26-15-7-3-2-4-8-15/h2-11H,12-13H2,1H3,(H,20,21,25). The Bertz CT molecular complexity index is 954. The molecule has 2 aromatic heterocycles. The number of aromatic nitrogens is 3. The van der Waals surface area contributed by atoms with Crippen LogP contribution < -0.4 is 15.6 Å². The van der Waals surface area contributed by atoms with Crippen LogP contribution in [0.2, 0.25) is 0 Å². The lowest BCUT2D eigenvalue weighted by molar-refractivity contribution is 0.101. The van der Waals surface area contributed by atoms with Crippen LogP contribution in [0.15, 0.2) is 65.5 Å². The van der Waals surface area contributed by atoms with Crippen molar-refractivity contribution in [3.63, 3.8) is 0 Å². The van der Waals surface area contributed by atoms with E-state index in [1.54, 1.807) is 12.1 Å². The molecule has 1 aromatic carbocycles. The average molecular weight is 350 g/mol. The summed E-state index contributed by atoms with van der Waals surface area (Å²) in [6, 6.07) is 17.3. The smallest absolute Gasteiger partial charge is 0.277 e. The number of carbonyl (C=O) groups excluding carboxylic acids is 1. The van der Waals surface area contributed by atoms with Crippen molar-refractivity contribution in [1.82, 2.24) is 14.8 Å². The number of anilines is 1. The summed E-state index contributed by atoms with van der Waals surface area (Å²) in [7, 11) is 0. The Hall–Kier alpha value is -3.48. The third-order valence-corrected chi connectivity index (χ3v) is 3.54.